The van der Waals surface area contributed by atoms with E-state index in [1.807, 2.05) is 44.3 Å². The first-order chi connectivity index (χ1) is 12.1. The molecule has 1 aliphatic heterocycles. The average Bonchev–Trinajstić information content (AvgIpc) is 2.65. The summed E-state index contributed by atoms with van der Waals surface area (Å²) in [6.45, 7) is 5.89. The van der Waals surface area contributed by atoms with E-state index in [1.54, 1.807) is 7.11 Å². The quantitative estimate of drug-likeness (QED) is 0.900. The Morgan fingerprint density at radius 1 is 1.36 bits per heavy atom. The average molecular weight is 340 g/mol. The van der Waals surface area contributed by atoms with Crippen molar-refractivity contribution in [1.82, 2.24) is 20.2 Å². The van der Waals surface area contributed by atoms with Gasteiger partial charge in [-0.05, 0) is 43.5 Å². The Morgan fingerprint density at radius 2 is 2.12 bits per heavy atom. The molecule has 0 aliphatic carbocycles. The molecular weight excluding hydrogens is 316 g/mol. The third-order valence-corrected chi connectivity index (χ3v) is 4.65. The SMILES string of the molecule is COc1ccc(CNC(=O)[C@H](C)N2CCc3cnc(C)nc3C2)cc1. The van der Waals surface area contributed by atoms with Crippen molar-refractivity contribution in [1.29, 1.82) is 0 Å². The minimum atomic E-state index is -0.193. The Kier molecular flexibility index (Phi) is 5.28. The van der Waals surface area contributed by atoms with Gasteiger partial charge in [-0.25, -0.2) is 9.97 Å². The molecule has 1 atom stereocenters. The van der Waals surface area contributed by atoms with Crippen LogP contribution in [-0.2, 0) is 24.3 Å². The fourth-order valence-corrected chi connectivity index (χ4v) is 3.00. The summed E-state index contributed by atoms with van der Waals surface area (Å²) >= 11 is 0. The summed E-state index contributed by atoms with van der Waals surface area (Å²) in [4.78, 5) is 23.4. The summed E-state index contributed by atoms with van der Waals surface area (Å²) in [5.41, 5.74) is 3.27. The number of methoxy groups -OCH3 is 1. The molecule has 1 aromatic heterocycles. The predicted octanol–water partition coefficient (Wildman–Crippen LogP) is 1.86. The largest absolute Gasteiger partial charge is 0.497 e. The van der Waals surface area contributed by atoms with Crippen molar-refractivity contribution < 1.29 is 9.53 Å². The summed E-state index contributed by atoms with van der Waals surface area (Å²) in [7, 11) is 1.64. The van der Waals surface area contributed by atoms with Crippen molar-refractivity contribution in [2.24, 2.45) is 0 Å². The molecule has 3 rings (SSSR count). The Balaban J connectivity index is 1.57. The monoisotopic (exact) mass is 340 g/mol. The van der Waals surface area contributed by atoms with Crippen LogP contribution in [0.3, 0.4) is 0 Å². The molecule has 0 unspecified atom stereocenters. The van der Waals surface area contributed by atoms with Gasteiger partial charge in [0.1, 0.15) is 11.6 Å². The summed E-state index contributed by atoms with van der Waals surface area (Å²) in [5, 5.41) is 3.01. The van der Waals surface area contributed by atoms with Gasteiger partial charge in [-0.15, -0.1) is 0 Å². The molecule has 6 heteroatoms. The Bertz CT molecular complexity index is 746. The van der Waals surface area contributed by atoms with Crippen LogP contribution in [-0.4, -0.2) is 40.5 Å². The second kappa shape index (κ2) is 7.61. The third-order valence-electron chi connectivity index (χ3n) is 4.65. The Labute approximate surface area is 148 Å². The zero-order valence-corrected chi connectivity index (χ0v) is 15.0. The molecular formula is C19H24N4O2. The van der Waals surface area contributed by atoms with Gasteiger partial charge in [0.2, 0.25) is 5.91 Å². The molecule has 6 nitrogen and oxygen atoms in total. The minimum Gasteiger partial charge on any atom is -0.497 e. The molecule has 0 bridgehead atoms. The second-order valence-corrected chi connectivity index (χ2v) is 6.35. The first-order valence-electron chi connectivity index (χ1n) is 8.53. The molecule has 2 heterocycles. The van der Waals surface area contributed by atoms with Crippen LogP contribution in [0.4, 0.5) is 0 Å². The molecule has 0 saturated heterocycles. The molecule has 0 radical (unpaired) electrons. The molecule has 0 saturated carbocycles. The van der Waals surface area contributed by atoms with Gasteiger partial charge in [0.15, 0.2) is 0 Å². The number of carbonyl (C=O) groups excluding carboxylic acids is 1. The van der Waals surface area contributed by atoms with Crippen LogP contribution in [0, 0.1) is 6.92 Å². The van der Waals surface area contributed by atoms with Gasteiger partial charge >= 0.3 is 0 Å². The van der Waals surface area contributed by atoms with Gasteiger partial charge in [-0.1, -0.05) is 12.1 Å². The van der Waals surface area contributed by atoms with Crippen molar-refractivity contribution in [3.05, 3.63) is 53.1 Å². The smallest absolute Gasteiger partial charge is 0.237 e. The highest BCUT2D eigenvalue weighted by molar-refractivity contribution is 5.81. The van der Waals surface area contributed by atoms with Crippen molar-refractivity contribution in [3.8, 4) is 5.75 Å². The van der Waals surface area contributed by atoms with E-state index in [-0.39, 0.29) is 11.9 Å². The zero-order valence-electron chi connectivity index (χ0n) is 15.0. The van der Waals surface area contributed by atoms with Crippen molar-refractivity contribution in [3.63, 3.8) is 0 Å². The molecule has 1 N–H and O–H groups in total. The van der Waals surface area contributed by atoms with Gasteiger partial charge in [-0.3, -0.25) is 9.69 Å². The molecule has 132 valence electrons. The maximum absolute atomic E-state index is 12.5. The lowest BCUT2D eigenvalue weighted by Gasteiger charge is -2.32. The van der Waals surface area contributed by atoms with Gasteiger partial charge in [0, 0.05) is 25.8 Å². The summed E-state index contributed by atoms with van der Waals surface area (Å²) < 4.78 is 5.15. The molecule has 1 aliphatic rings. The minimum absolute atomic E-state index is 0.0325. The topological polar surface area (TPSA) is 67.3 Å². The summed E-state index contributed by atoms with van der Waals surface area (Å²) in [5.74, 6) is 1.62. The van der Waals surface area contributed by atoms with Gasteiger partial charge in [-0.2, -0.15) is 0 Å². The number of aryl methyl sites for hydroxylation is 1. The molecule has 25 heavy (non-hydrogen) atoms. The number of nitrogens with zero attached hydrogens (tertiary/aromatic N) is 3. The van der Waals surface area contributed by atoms with E-state index in [4.69, 9.17) is 4.74 Å². The highest BCUT2D eigenvalue weighted by atomic mass is 16.5. The number of benzene rings is 1. The maximum atomic E-state index is 12.5. The lowest BCUT2D eigenvalue weighted by Crippen LogP contribution is -2.47. The lowest BCUT2D eigenvalue weighted by molar-refractivity contribution is -0.126. The fourth-order valence-electron chi connectivity index (χ4n) is 3.00. The molecule has 1 amide bonds. The maximum Gasteiger partial charge on any atom is 0.237 e. The van der Waals surface area contributed by atoms with Crippen LogP contribution < -0.4 is 10.1 Å². The Hall–Kier alpha value is -2.47. The van der Waals surface area contributed by atoms with E-state index in [2.05, 4.69) is 20.2 Å². The van der Waals surface area contributed by atoms with Crippen LogP contribution in [0.15, 0.2) is 30.5 Å². The van der Waals surface area contributed by atoms with E-state index in [9.17, 15) is 4.79 Å². The number of carbonyl (C=O) groups is 1. The van der Waals surface area contributed by atoms with E-state index in [0.29, 0.717) is 13.1 Å². The van der Waals surface area contributed by atoms with Crippen LogP contribution in [0.25, 0.3) is 0 Å². The molecule has 0 spiro atoms. The van der Waals surface area contributed by atoms with Gasteiger partial charge < -0.3 is 10.1 Å². The van der Waals surface area contributed by atoms with Crippen LogP contribution in [0.1, 0.15) is 29.6 Å². The van der Waals surface area contributed by atoms with E-state index < -0.39 is 0 Å². The number of ether oxygens (including phenoxy) is 1. The fraction of sp³-hybridized carbons (Fsp3) is 0.421. The molecule has 0 fully saturated rings. The summed E-state index contributed by atoms with van der Waals surface area (Å²) in [6.07, 6.45) is 2.79. The zero-order chi connectivity index (χ0) is 17.8. The number of fused-ring (bicyclic) bond motifs is 1. The van der Waals surface area contributed by atoms with Crippen molar-refractivity contribution >= 4 is 5.91 Å². The molecule has 2 aromatic rings. The van der Waals surface area contributed by atoms with Gasteiger partial charge in [0.25, 0.3) is 0 Å². The number of aromatic nitrogens is 2. The van der Waals surface area contributed by atoms with Crippen LogP contribution in [0.2, 0.25) is 0 Å². The number of hydrogen-bond donors (Lipinski definition) is 1. The number of amides is 1. The van der Waals surface area contributed by atoms with Crippen molar-refractivity contribution in [2.45, 2.75) is 39.4 Å². The summed E-state index contributed by atoms with van der Waals surface area (Å²) in [6, 6.07) is 7.52. The second-order valence-electron chi connectivity index (χ2n) is 6.35. The molecule has 1 aromatic carbocycles. The van der Waals surface area contributed by atoms with Crippen molar-refractivity contribution in [2.75, 3.05) is 13.7 Å². The standard InChI is InChI=1S/C19H24N4O2/c1-13(19(24)21-10-15-4-6-17(25-3)7-5-15)23-9-8-16-11-20-14(2)22-18(16)12-23/h4-7,11,13H,8-10,12H2,1-3H3,(H,21,24)/t13-/m0/s1. The number of hydrogen-bond acceptors (Lipinski definition) is 5. The predicted molar refractivity (Wildman–Crippen MR) is 95.2 cm³/mol. The van der Waals surface area contributed by atoms with Crippen LogP contribution >= 0.6 is 0 Å². The first kappa shape index (κ1) is 17.4. The van der Waals surface area contributed by atoms with Gasteiger partial charge in [0.05, 0.1) is 18.8 Å². The van der Waals surface area contributed by atoms with E-state index >= 15 is 0 Å². The third kappa shape index (κ3) is 4.14. The first-order valence-corrected chi connectivity index (χ1v) is 8.53. The number of rotatable bonds is 5. The number of nitrogens with one attached hydrogen (secondary N) is 1. The highest BCUT2D eigenvalue weighted by Gasteiger charge is 2.26. The van der Waals surface area contributed by atoms with E-state index in [0.717, 1.165) is 35.8 Å². The Morgan fingerprint density at radius 3 is 2.84 bits per heavy atom. The lowest BCUT2D eigenvalue weighted by atomic mass is 10.0. The van der Waals surface area contributed by atoms with Crippen LogP contribution in [0.5, 0.6) is 5.75 Å². The van der Waals surface area contributed by atoms with E-state index in [1.165, 1.54) is 5.56 Å². The normalized spacial score (nSPS) is 15.3. The highest BCUT2D eigenvalue weighted by Crippen LogP contribution is 2.18.